The highest BCUT2D eigenvalue weighted by Gasteiger charge is 2.64. The van der Waals surface area contributed by atoms with Crippen LogP contribution in [0.1, 0.15) is 59.3 Å². The van der Waals surface area contributed by atoms with Crippen LogP contribution in [0.4, 0.5) is 0 Å². The zero-order valence-electron chi connectivity index (χ0n) is 22.7. The van der Waals surface area contributed by atoms with Gasteiger partial charge in [-0.3, -0.25) is 13.7 Å². The van der Waals surface area contributed by atoms with Gasteiger partial charge in [0.2, 0.25) is 0 Å². The molecule has 10 heteroatoms. The van der Waals surface area contributed by atoms with E-state index in [1.54, 1.807) is 19.2 Å². The molecule has 0 aromatic carbocycles. The number of hydrogen-bond donors (Lipinski definition) is 2. The summed E-state index contributed by atoms with van der Waals surface area (Å²) in [4.78, 5) is 9.97. The Morgan fingerprint density at radius 2 is 1.76 bits per heavy atom. The lowest BCUT2D eigenvalue weighted by Gasteiger charge is -2.28. The summed E-state index contributed by atoms with van der Waals surface area (Å²) in [6.07, 6.45) is 17.7. The molecule has 2 saturated carbocycles. The largest absolute Gasteiger partial charge is 0.472 e. The molecule has 0 spiro atoms. The van der Waals surface area contributed by atoms with Crippen molar-refractivity contribution in [3.05, 3.63) is 36.7 Å². The van der Waals surface area contributed by atoms with Crippen LogP contribution in [0.25, 0.3) is 0 Å². The number of phosphoric acid groups is 1. The zero-order chi connectivity index (χ0) is 26.7. The molecule has 210 valence electrons. The van der Waals surface area contributed by atoms with Gasteiger partial charge in [0.25, 0.3) is 0 Å². The van der Waals surface area contributed by atoms with Crippen LogP contribution in [0.5, 0.6) is 0 Å². The van der Waals surface area contributed by atoms with Crippen molar-refractivity contribution in [2.24, 2.45) is 35.0 Å². The molecule has 7 atom stereocenters. The Labute approximate surface area is 221 Å². The lowest BCUT2D eigenvalue weighted by Crippen LogP contribution is -2.33. The fourth-order valence-electron chi connectivity index (χ4n) is 5.28. The van der Waals surface area contributed by atoms with Gasteiger partial charge in [-0.15, -0.1) is 5.10 Å². The van der Waals surface area contributed by atoms with Crippen molar-refractivity contribution in [1.82, 2.24) is 15.0 Å². The van der Waals surface area contributed by atoms with Crippen molar-refractivity contribution in [2.75, 3.05) is 33.0 Å². The summed E-state index contributed by atoms with van der Waals surface area (Å²) in [7, 11) is -4.21. The monoisotopic (exact) mass is 539 g/mol. The molecule has 5 unspecified atom stereocenters. The molecule has 3 rings (SSSR count). The molecule has 2 aliphatic carbocycles. The van der Waals surface area contributed by atoms with Gasteiger partial charge in [-0.1, -0.05) is 63.1 Å². The highest BCUT2D eigenvalue weighted by molar-refractivity contribution is 7.47. The number of aliphatic hydroxyl groups excluding tert-OH is 1. The van der Waals surface area contributed by atoms with Crippen LogP contribution < -0.4 is 0 Å². The summed E-state index contributed by atoms with van der Waals surface area (Å²) >= 11 is 0. The lowest BCUT2D eigenvalue weighted by atomic mass is 9.77. The molecular weight excluding hydrogens is 493 g/mol. The van der Waals surface area contributed by atoms with Gasteiger partial charge in [0.15, 0.2) is 0 Å². The van der Waals surface area contributed by atoms with Crippen molar-refractivity contribution in [3.8, 4) is 0 Å². The third-order valence-electron chi connectivity index (χ3n) is 7.90. The Bertz CT molecular complexity index is 881. The van der Waals surface area contributed by atoms with E-state index in [0.29, 0.717) is 6.61 Å². The van der Waals surface area contributed by atoms with E-state index in [4.69, 9.17) is 13.8 Å². The van der Waals surface area contributed by atoms with Crippen LogP contribution in [-0.2, 0) is 24.9 Å². The Balaban J connectivity index is 1.19. The maximum Gasteiger partial charge on any atom is 0.472 e. The van der Waals surface area contributed by atoms with Crippen LogP contribution in [0.2, 0.25) is 0 Å². The molecule has 0 saturated heterocycles. The third-order valence-corrected chi connectivity index (χ3v) is 8.83. The van der Waals surface area contributed by atoms with E-state index >= 15 is 0 Å². The number of phosphoric ester groups is 1. The van der Waals surface area contributed by atoms with Crippen molar-refractivity contribution in [2.45, 2.75) is 65.8 Å². The summed E-state index contributed by atoms with van der Waals surface area (Å²) in [6.45, 7) is 7.77. The van der Waals surface area contributed by atoms with E-state index in [0.717, 1.165) is 74.7 Å². The van der Waals surface area contributed by atoms with Gasteiger partial charge in [-0.2, -0.15) is 0 Å². The standard InChI is InChI=1S/C27H46N3O6P/c1-22-23(2)26-24(25(22)26)13-9-5-4-7-12-18-35-37(32,33)36-21-27(3,19-31)20-34-17-11-8-6-10-15-30-16-14-28-29-30/h7,9,12-14,16,22-26,31H,4-6,8,10-11,15,17-21H2,1-3H3,(H,32,33)/b12-7+,13-9+/t22-,23+,24?,25?,26?,27?. The summed E-state index contributed by atoms with van der Waals surface area (Å²) in [5, 5.41) is 17.5. The Hall–Kier alpha value is -1.35. The first kappa shape index (κ1) is 30.2. The SMILES string of the molecule is C[C@@H]1C2C(/C=C/CC/C=C/COP(=O)(O)OCC(C)(CO)COCCCCCCn3ccnn3)C2[C@@H]1C. The van der Waals surface area contributed by atoms with Crippen LogP contribution in [0, 0.1) is 35.0 Å². The second-order valence-corrected chi connectivity index (χ2v) is 12.5. The average Bonchev–Trinajstić information content (AvgIpc) is 3.27. The molecule has 1 aromatic rings. The lowest BCUT2D eigenvalue weighted by molar-refractivity contribution is -0.0183. The second-order valence-electron chi connectivity index (χ2n) is 11.1. The van der Waals surface area contributed by atoms with Gasteiger partial charge in [0, 0.05) is 24.8 Å². The van der Waals surface area contributed by atoms with Crippen LogP contribution in [0.15, 0.2) is 36.7 Å². The Kier molecular flexibility index (Phi) is 12.0. The molecule has 2 N–H and O–H groups in total. The van der Waals surface area contributed by atoms with E-state index in [1.807, 2.05) is 17.0 Å². The number of rotatable bonds is 20. The second kappa shape index (κ2) is 14.7. The van der Waals surface area contributed by atoms with E-state index < -0.39 is 13.2 Å². The van der Waals surface area contributed by atoms with Crippen molar-refractivity contribution < 1.29 is 28.3 Å². The number of aryl methyl sites for hydroxylation is 1. The minimum absolute atomic E-state index is 0.00252. The van der Waals surface area contributed by atoms with E-state index in [-0.39, 0.29) is 26.4 Å². The fraction of sp³-hybridized carbons (Fsp3) is 0.778. The van der Waals surface area contributed by atoms with E-state index in [1.165, 1.54) is 0 Å². The fourth-order valence-corrected chi connectivity index (χ4v) is 6.10. The molecule has 0 aliphatic heterocycles. The topological polar surface area (TPSA) is 116 Å². The first-order valence-corrected chi connectivity index (χ1v) is 15.2. The maximum atomic E-state index is 12.2. The van der Waals surface area contributed by atoms with Crippen molar-refractivity contribution in [3.63, 3.8) is 0 Å². The van der Waals surface area contributed by atoms with E-state index in [2.05, 4.69) is 36.3 Å². The highest BCUT2D eigenvalue weighted by atomic mass is 31.2. The van der Waals surface area contributed by atoms with Gasteiger partial charge in [0.05, 0.1) is 32.6 Å². The molecule has 0 radical (unpaired) electrons. The van der Waals surface area contributed by atoms with E-state index in [9.17, 15) is 14.6 Å². The number of ether oxygens (including phenoxy) is 1. The number of aromatic nitrogens is 3. The van der Waals surface area contributed by atoms with Crippen molar-refractivity contribution in [1.29, 1.82) is 0 Å². The first-order valence-electron chi connectivity index (χ1n) is 13.7. The number of hydrogen-bond acceptors (Lipinski definition) is 7. The first-order chi connectivity index (χ1) is 17.8. The molecule has 2 aliphatic rings. The van der Waals surface area contributed by atoms with Crippen molar-refractivity contribution >= 4 is 7.82 Å². The Morgan fingerprint density at radius 1 is 1.03 bits per heavy atom. The molecule has 9 nitrogen and oxygen atoms in total. The van der Waals surface area contributed by atoms with Gasteiger partial charge < -0.3 is 14.7 Å². The molecule has 0 bridgehead atoms. The maximum absolute atomic E-state index is 12.2. The molecule has 0 amide bonds. The third kappa shape index (κ3) is 9.72. The minimum Gasteiger partial charge on any atom is -0.396 e. The van der Waals surface area contributed by atoms with Crippen LogP contribution in [-0.4, -0.2) is 58.0 Å². The summed E-state index contributed by atoms with van der Waals surface area (Å²) in [5.41, 5.74) is -0.784. The van der Waals surface area contributed by atoms with Crippen LogP contribution in [0.3, 0.4) is 0 Å². The molecule has 37 heavy (non-hydrogen) atoms. The van der Waals surface area contributed by atoms with Gasteiger partial charge in [-0.25, -0.2) is 4.57 Å². The van der Waals surface area contributed by atoms with Crippen LogP contribution >= 0.6 is 7.82 Å². The number of allylic oxidation sites excluding steroid dienone is 3. The molecule has 2 fully saturated rings. The number of nitrogens with zero attached hydrogens (tertiary/aromatic N) is 3. The normalized spacial score (nSPS) is 28.2. The highest BCUT2D eigenvalue weighted by Crippen LogP contribution is 2.68. The zero-order valence-corrected chi connectivity index (χ0v) is 23.5. The summed E-state index contributed by atoms with van der Waals surface area (Å²) < 4.78 is 29.9. The number of unbranched alkanes of at least 4 members (excludes halogenated alkanes) is 4. The molecule has 1 heterocycles. The van der Waals surface area contributed by atoms with Gasteiger partial charge in [-0.05, 0) is 55.3 Å². The number of fused-ring (bicyclic) bond motifs is 1. The molecular formula is C27H46N3O6P. The quantitative estimate of drug-likeness (QED) is 0.135. The smallest absolute Gasteiger partial charge is 0.396 e. The Morgan fingerprint density at radius 3 is 2.46 bits per heavy atom. The van der Waals surface area contributed by atoms with Gasteiger partial charge >= 0.3 is 7.82 Å². The molecule has 1 aromatic heterocycles. The predicted molar refractivity (Wildman–Crippen MR) is 143 cm³/mol. The number of aliphatic hydroxyl groups is 1. The summed E-state index contributed by atoms with van der Waals surface area (Å²) in [5.74, 6) is 4.36. The summed E-state index contributed by atoms with van der Waals surface area (Å²) in [6, 6.07) is 0. The predicted octanol–water partition coefficient (Wildman–Crippen LogP) is 5.03. The minimum atomic E-state index is -4.21. The average molecular weight is 540 g/mol. The van der Waals surface area contributed by atoms with Gasteiger partial charge in [0.1, 0.15) is 0 Å².